The molecule has 4 rings (SSSR count). The summed E-state index contributed by atoms with van der Waals surface area (Å²) in [5, 5.41) is 13.0. The highest BCUT2D eigenvalue weighted by Crippen LogP contribution is 2.26. The number of hydrazone groups is 1. The Labute approximate surface area is 173 Å². The molecule has 3 aromatic rings. The van der Waals surface area contributed by atoms with Gasteiger partial charge in [0, 0.05) is 25.0 Å². The van der Waals surface area contributed by atoms with Gasteiger partial charge in [0.05, 0.1) is 18.0 Å². The quantitative estimate of drug-likeness (QED) is 0.633. The van der Waals surface area contributed by atoms with E-state index < -0.39 is 12.0 Å². The number of nitrogens with zero attached hydrogens (tertiary/aromatic N) is 5. The van der Waals surface area contributed by atoms with Crippen molar-refractivity contribution in [3.05, 3.63) is 67.1 Å². The number of ether oxygens (including phenoxy) is 1. The van der Waals surface area contributed by atoms with Crippen molar-refractivity contribution < 1.29 is 14.3 Å². The molecule has 0 fully saturated rings. The zero-order valence-corrected chi connectivity index (χ0v) is 16.3. The number of carbonyl (C=O) groups excluding carboxylic acids is 2. The minimum Gasteiger partial charge on any atom is -0.461 e. The molecule has 152 valence electrons. The molecule has 30 heavy (non-hydrogen) atoms. The number of hydrogen-bond acceptors (Lipinski definition) is 7. The van der Waals surface area contributed by atoms with Crippen LogP contribution in [0.2, 0.25) is 0 Å². The molecule has 1 aliphatic heterocycles. The second-order valence-corrected chi connectivity index (χ2v) is 6.48. The van der Waals surface area contributed by atoms with Crippen LogP contribution >= 0.6 is 0 Å². The molecule has 0 saturated carbocycles. The third kappa shape index (κ3) is 3.90. The first kappa shape index (κ1) is 19.3. The minimum absolute atomic E-state index is 0.136. The van der Waals surface area contributed by atoms with Crippen LogP contribution in [0.4, 0.5) is 11.4 Å². The van der Waals surface area contributed by atoms with Gasteiger partial charge in [-0.3, -0.25) is 9.80 Å². The standard InChI is InChI=1S/C21H20N6O3/c1-2-30-21(29)17-14-18(27(25-17)15-8-4-3-5-9-15)20(28)24-16-10-6-11-22-19(16)26-13-7-12-23-26/h3-13,18H,2,14H2,1H3,(H,24,28). The summed E-state index contributed by atoms with van der Waals surface area (Å²) in [7, 11) is 0. The Morgan fingerprint density at radius 1 is 1.13 bits per heavy atom. The molecule has 0 bridgehead atoms. The predicted molar refractivity (Wildman–Crippen MR) is 111 cm³/mol. The summed E-state index contributed by atoms with van der Waals surface area (Å²) in [6.07, 6.45) is 5.14. The number of aromatic nitrogens is 3. The first-order valence-electron chi connectivity index (χ1n) is 9.52. The van der Waals surface area contributed by atoms with Crippen molar-refractivity contribution in [1.82, 2.24) is 14.8 Å². The minimum atomic E-state index is -0.711. The van der Waals surface area contributed by atoms with Crippen molar-refractivity contribution in [1.29, 1.82) is 0 Å². The second-order valence-electron chi connectivity index (χ2n) is 6.48. The van der Waals surface area contributed by atoms with E-state index in [9.17, 15) is 9.59 Å². The van der Waals surface area contributed by atoms with E-state index in [4.69, 9.17) is 4.74 Å². The number of rotatable bonds is 6. The van der Waals surface area contributed by atoms with Gasteiger partial charge in [0.1, 0.15) is 11.8 Å². The molecule has 1 N–H and O–H groups in total. The zero-order valence-electron chi connectivity index (χ0n) is 16.3. The Kier molecular flexibility index (Phi) is 5.51. The molecule has 3 heterocycles. The summed E-state index contributed by atoms with van der Waals surface area (Å²) in [6.45, 7) is 1.97. The number of anilines is 2. The van der Waals surface area contributed by atoms with E-state index >= 15 is 0 Å². The lowest BCUT2D eigenvalue weighted by molar-refractivity contribution is -0.135. The normalized spacial score (nSPS) is 15.6. The first-order valence-corrected chi connectivity index (χ1v) is 9.52. The molecule has 9 heteroatoms. The van der Waals surface area contributed by atoms with E-state index in [-0.39, 0.29) is 24.6 Å². The summed E-state index contributed by atoms with van der Waals surface area (Å²) in [6, 6.07) is 13.8. The van der Waals surface area contributed by atoms with Gasteiger partial charge in [-0.15, -0.1) is 0 Å². The van der Waals surface area contributed by atoms with Crippen LogP contribution in [-0.2, 0) is 14.3 Å². The molecule has 9 nitrogen and oxygen atoms in total. The van der Waals surface area contributed by atoms with Crippen LogP contribution in [0, 0.1) is 0 Å². The SMILES string of the molecule is CCOC(=O)C1=NN(c2ccccc2)C(C(=O)Nc2cccnc2-n2cccn2)C1. The maximum atomic E-state index is 13.2. The van der Waals surface area contributed by atoms with Gasteiger partial charge < -0.3 is 10.1 Å². The lowest BCUT2D eigenvalue weighted by Crippen LogP contribution is -2.39. The Balaban J connectivity index is 1.61. The van der Waals surface area contributed by atoms with E-state index in [1.807, 2.05) is 30.3 Å². The average molecular weight is 404 g/mol. The van der Waals surface area contributed by atoms with Crippen LogP contribution in [0.5, 0.6) is 0 Å². The molecule has 0 aliphatic carbocycles. The van der Waals surface area contributed by atoms with Crippen molar-refractivity contribution in [3.63, 3.8) is 0 Å². The number of pyridine rings is 1. The van der Waals surface area contributed by atoms with Gasteiger partial charge in [-0.2, -0.15) is 10.2 Å². The number of carbonyl (C=O) groups is 2. The van der Waals surface area contributed by atoms with Crippen molar-refractivity contribution in [2.45, 2.75) is 19.4 Å². The Bertz CT molecular complexity index is 1070. The van der Waals surface area contributed by atoms with Crippen LogP contribution in [0.25, 0.3) is 5.82 Å². The Hall–Kier alpha value is -4.01. The molecular formula is C21H20N6O3. The third-order valence-corrected chi connectivity index (χ3v) is 4.51. The molecule has 1 aliphatic rings. The van der Waals surface area contributed by atoms with Crippen LogP contribution in [0.1, 0.15) is 13.3 Å². The van der Waals surface area contributed by atoms with E-state index in [0.717, 1.165) is 0 Å². The van der Waals surface area contributed by atoms with Gasteiger partial charge in [0.25, 0.3) is 0 Å². The van der Waals surface area contributed by atoms with Crippen LogP contribution in [0.15, 0.2) is 72.2 Å². The smallest absolute Gasteiger partial charge is 0.354 e. The van der Waals surface area contributed by atoms with Gasteiger partial charge in [0.2, 0.25) is 5.91 Å². The van der Waals surface area contributed by atoms with Crippen molar-refractivity contribution in [2.24, 2.45) is 5.10 Å². The van der Waals surface area contributed by atoms with Gasteiger partial charge >= 0.3 is 5.97 Å². The number of esters is 1. The van der Waals surface area contributed by atoms with E-state index in [0.29, 0.717) is 17.2 Å². The summed E-state index contributed by atoms with van der Waals surface area (Å²) in [5.74, 6) is -0.345. The highest BCUT2D eigenvalue weighted by Gasteiger charge is 2.37. The molecule has 1 amide bonds. The fraction of sp³-hybridized carbons (Fsp3) is 0.190. The Morgan fingerprint density at radius 3 is 2.70 bits per heavy atom. The molecule has 0 radical (unpaired) electrons. The number of amides is 1. The monoisotopic (exact) mass is 404 g/mol. The Morgan fingerprint density at radius 2 is 1.97 bits per heavy atom. The number of hydrogen-bond donors (Lipinski definition) is 1. The highest BCUT2D eigenvalue weighted by molar-refractivity contribution is 6.38. The van der Waals surface area contributed by atoms with Gasteiger partial charge in [-0.05, 0) is 37.3 Å². The summed E-state index contributed by atoms with van der Waals surface area (Å²) in [5.41, 5.74) is 1.42. The third-order valence-electron chi connectivity index (χ3n) is 4.51. The van der Waals surface area contributed by atoms with E-state index in [1.54, 1.807) is 53.4 Å². The molecule has 0 saturated heterocycles. The zero-order chi connectivity index (χ0) is 20.9. The summed E-state index contributed by atoms with van der Waals surface area (Å²) < 4.78 is 6.64. The topological polar surface area (TPSA) is 102 Å². The maximum Gasteiger partial charge on any atom is 0.354 e. The largest absolute Gasteiger partial charge is 0.461 e. The van der Waals surface area contributed by atoms with E-state index in [2.05, 4.69) is 20.5 Å². The summed E-state index contributed by atoms with van der Waals surface area (Å²) in [4.78, 5) is 29.8. The average Bonchev–Trinajstić information content (AvgIpc) is 3.45. The molecule has 1 unspecified atom stereocenters. The van der Waals surface area contributed by atoms with E-state index in [1.165, 1.54) is 0 Å². The van der Waals surface area contributed by atoms with Crippen LogP contribution in [-0.4, -0.2) is 45.0 Å². The van der Waals surface area contributed by atoms with Crippen LogP contribution in [0.3, 0.4) is 0 Å². The number of benzene rings is 1. The second kappa shape index (κ2) is 8.56. The van der Waals surface area contributed by atoms with Gasteiger partial charge in [-0.1, -0.05) is 18.2 Å². The molecule has 1 aromatic carbocycles. The predicted octanol–water partition coefficient (Wildman–Crippen LogP) is 2.40. The molecule has 2 aromatic heterocycles. The number of para-hydroxylation sites is 1. The summed E-state index contributed by atoms with van der Waals surface area (Å²) >= 11 is 0. The fourth-order valence-corrected chi connectivity index (χ4v) is 3.16. The number of nitrogens with one attached hydrogen (secondary N) is 1. The first-order chi connectivity index (χ1) is 14.7. The highest BCUT2D eigenvalue weighted by atomic mass is 16.5. The fourth-order valence-electron chi connectivity index (χ4n) is 3.16. The van der Waals surface area contributed by atoms with Gasteiger partial charge in [-0.25, -0.2) is 14.5 Å². The molecular weight excluding hydrogens is 384 g/mol. The van der Waals surface area contributed by atoms with Crippen molar-refractivity contribution in [2.75, 3.05) is 16.9 Å². The molecule has 1 atom stereocenters. The van der Waals surface area contributed by atoms with Crippen LogP contribution < -0.4 is 10.3 Å². The van der Waals surface area contributed by atoms with Crippen molar-refractivity contribution >= 4 is 29.0 Å². The van der Waals surface area contributed by atoms with Crippen molar-refractivity contribution in [3.8, 4) is 5.82 Å². The lowest BCUT2D eigenvalue weighted by atomic mass is 10.1. The molecule has 0 spiro atoms. The lowest BCUT2D eigenvalue weighted by Gasteiger charge is -2.23. The maximum absolute atomic E-state index is 13.2. The van der Waals surface area contributed by atoms with Gasteiger partial charge in [0.15, 0.2) is 5.82 Å².